The van der Waals surface area contributed by atoms with E-state index in [1.165, 1.54) is 19.3 Å². The van der Waals surface area contributed by atoms with Crippen molar-refractivity contribution in [1.29, 1.82) is 0 Å². The summed E-state index contributed by atoms with van der Waals surface area (Å²) in [6.07, 6.45) is 5.01. The smallest absolute Gasteiger partial charge is 0.123 e. The predicted octanol–water partition coefficient (Wildman–Crippen LogP) is 2.26. The molecule has 0 amide bonds. The van der Waals surface area contributed by atoms with Gasteiger partial charge in [-0.1, -0.05) is 26.7 Å². The predicted molar refractivity (Wildman–Crippen MR) is 41.7 cm³/mol. The second-order valence-electron chi connectivity index (χ2n) is 3.57. The Hall–Kier alpha value is -0.330. The third-order valence-electron chi connectivity index (χ3n) is 2.82. The highest BCUT2D eigenvalue weighted by Gasteiger charge is 2.27. The van der Waals surface area contributed by atoms with Gasteiger partial charge in [0.15, 0.2) is 0 Å². The molecule has 0 saturated heterocycles. The van der Waals surface area contributed by atoms with Crippen molar-refractivity contribution < 1.29 is 4.79 Å². The molecule has 1 aliphatic carbocycles. The topological polar surface area (TPSA) is 17.1 Å². The molecule has 1 heteroatoms. The van der Waals surface area contributed by atoms with Crippen molar-refractivity contribution in [2.24, 2.45) is 17.8 Å². The number of hydrogen-bond donors (Lipinski definition) is 0. The molecule has 0 aromatic heterocycles. The van der Waals surface area contributed by atoms with E-state index >= 15 is 0 Å². The number of carbonyl (C=O) groups is 1. The van der Waals surface area contributed by atoms with Crippen molar-refractivity contribution in [3.05, 3.63) is 0 Å². The fraction of sp³-hybridized carbons (Fsp3) is 0.889. The van der Waals surface area contributed by atoms with Crippen molar-refractivity contribution in [2.75, 3.05) is 0 Å². The molecule has 1 nitrogen and oxygen atoms in total. The fourth-order valence-corrected chi connectivity index (χ4v) is 2.06. The van der Waals surface area contributed by atoms with Gasteiger partial charge < -0.3 is 4.79 Å². The Morgan fingerprint density at radius 1 is 1.50 bits per heavy atom. The summed E-state index contributed by atoms with van der Waals surface area (Å²) < 4.78 is 0. The maximum atomic E-state index is 10.4. The summed E-state index contributed by atoms with van der Waals surface area (Å²) in [6, 6.07) is 0. The summed E-state index contributed by atoms with van der Waals surface area (Å²) in [6.45, 7) is 4.30. The Labute approximate surface area is 62.8 Å². The van der Waals surface area contributed by atoms with E-state index < -0.39 is 0 Å². The number of carbonyl (C=O) groups excluding carboxylic acids is 1. The normalized spacial score (nSPS) is 35.8. The average Bonchev–Trinajstić information content (AvgIpc) is 2.34. The van der Waals surface area contributed by atoms with Crippen molar-refractivity contribution in [3.8, 4) is 0 Å². The van der Waals surface area contributed by atoms with Crippen molar-refractivity contribution in [1.82, 2.24) is 0 Å². The van der Waals surface area contributed by atoms with Gasteiger partial charge in [0.25, 0.3) is 0 Å². The van der Waals surface area contributed by atoms with E-state index in [1.807, 2.05) is 6.92 Å². The first-order valence-corrected chi connectivity index (χ1v) is 4.21. The van der Waals surface area contributed by atoms with Crippen LogP contribution in [0.25, 0.3) is 0 Å². The minimum atomic E-state index is 0.289. The van der Waals surface area contributed by atoms with Crippen LogP contribution in [0.4, 0.5) is 0 Å². The first kappa shape index (κ1) is 7.77. The van der Waals surface area contributed by atoms with Crippen LogP contribution in [-0.2, 0) is 4.79 Å². The lowest BCUT2D eigenvalue weighted by Crippen LogP contribution is -2.14. The monoisotopic (exact) mass is 140 g/mol. The molecule has 0 aromatic rings. The van der Waals surface area contributed by atoms with Gasteiger partial charge in [0.2, 0.25) is 0 Å². The lowest BCUT2D eigenvalue weighted by molar-refractivity contribution is -0.112. The van der Waals surface area contributed by atoms with Crippen LogP contribution in [0.2, 0.25) is 0 Å². The molecule has 3 atom stereocenters. The average molecular weight is 140 g/mol. The Balaban J connectivity index is 2.46. The lowest BCUT2D eigenvalue weighted by Gasteiger charge is -2.17. The van der Waals surface area contributed by atoms with Crippen molar-refractivity contribution in [2.45, 2.75) is 33.1 Å². The Kier molecular flexibility index (Phi) is 2.47. The number of aldehydes is 1. The standard InChI is InChI=1S/C9H16O/c1-7-4-3-5-9(7)8(2)6-10/h6-9H,3-5H2,1-2H3. The van der Waals surface area contributed by atoms with E-state index in [-0.39, 0.29) is 5.92 Å². The third-order valence-corrected chi connectivity index (χ3v) is 2.82. The second-order valence-corrected chi connectivity index (χ2v) is 3.57. The Morgan fingerprint density at radius 2 is 2.20 bits per heavy atom. The summed E-state index contributed by atoms with van der Waals surface area (Å²) in [5, 5.41) is 0. The molecule has 0 spiro atoms. The molecule has 0 aliphatic heterocycles. The van der Waals surface area contributed by atoms with Crippen LogP contribution < -0.4 is 0 Å². The van der Waals surface area contributed by atoms with E-state index in [4.69, 9.17) is 0 Å². The minimum Gasteiger partial charge on any atom is -0.303 e. The zero-order valence-corrected chi connectivity index (χ0v) is 6.84. The van der Waals surface area contributed by atoms with Crippen LogP contribution in [0, 0.1) is 17.8 Å². The van der Waals surface area contributed by atoms with Gasteiger partial charge in [0, 0.05) is 5.92 Å². The minimum absolute atomic E-state index is 0.289. The highest BCUT2D eigenvalue weighted by molar-refractivity contribution is 5.53. The SMILES string of the molecule is CC(C=O)C1CCCC1C. The molecule has 0 N–H and O–H groups in total. The summed E-state index contributed by atoms with van der Waals surface area (Å²) in [5.41, 5.74) is 0. The Morgan fingerprint density at radius 3 is 2.60 bits per heavy atom. The van der Waals surface area contributed by atoms with E-state index in [2.05, 4.69) is 6.92 Å². The maximum Gasteiger partial charge on any atom is 0.123 e. The molecule has 0 heterocycles. The van der Waals surface area contributed by atoms with Gasteiger partial charge in [-0.15, -0.1) is 0 Å². The molecule has 3 unspecified atom stereocenters. The molecule has 1 fully saturated rings. The highest BCUT2D eigenvalue weighted by Crippen LogP contribution is 2.35. The van der Waals surface area contributed by atoms with Crippen LogP contribution in [0.5, 0.6) is 0 Å². The first-order chi connectivity index (χ1) is 4.75. The van der Waals surface area contributed by atoms with E-state index in [0.717, 1.165) is 12.2 Å². The van der Waals surface area contributed by atoms with E-state index in [1.54, 1.807) is 0 Å². The summed E-state index contributed by atoms with van der Waals surface area (Å²) in [7, 11) is 0. The quantitative estimate of drug-likeness (QED) is 0.538. The lowest BCUT2D eigenvalue weighted by atomic mass is 9.87. The molecule has 1 aliphatic rings. The molecule has 0 radical (unpaired) electrons. The van der Waals surface area contributed by atoms with Crippen molar-refractivity contribution in [3.63, 3.8) is 0 Å². The molecule has 0 aromatic carbocycles. The largest absolute Gasteiger partial charge is 0.303 e. The Bertz CT molecular complexity index is 120. The van der Waals surface area contributed by atoms with Gasteiger partial charge in [0.1, 0.15) is 6.29 Å². The van der Waals surface area contributed by atoms with Gasteiger partial charge in [-0.05, 0) is 18.3 Å². The zero-order chi connectivity index (χ0) is 7.56. The molecule has 1 rings (SSSR count). The first-order valence-electron chi connectivity index (χ1n) is 4.21. The second kappa shape index (κ2) is 3.18. The highest BCUT2D eigenvalue weighted by atomic mass is 16.1. The van der Waals surface area contributed by atoms with Gasteiger partial charge in [-0.3, -0.25) is 0 Å². The van der Waals surface area contributed by atoms with Crippen molar-refractivity contribution >= 4 is 6.29 Å². The van der Waals surface area contributed by atoms with Crippen LogP contribution in [0.1, 0.15) is 33.1 Å². The summed E-state index contributed by atoms with van der Waals surface area (Å²) in [5.74, 6) is 1.75. The van der Waals surface area contributed by atoms with Gasteiger partial charge in [-0.25, -0.2) is 0 Å². The van der Waals surface area contributed by atoms with E-state index in [0.29, 0.717) is 5.92 Å². The molecule has 1 saturated carbocycles. The molecule has 0 bridgehead atoms. The molecular formula is C9H16O. The number of rotatable bonds is 2. The van der Waals surface area contributed by atoms with Crippen LogP contribution in [0.3, 0.4) is 0 Å². The molecule has 10 heavy (non-hydrogen) atoms. The fourth-order valence-electron chi connectivity index (χ4n) is 2.06. The molecule has 58 valence electrons. The van der Waals surface area contributed by atoms with Crippen LogP contribution in [0.15, 0.2) is 0 Å². The summed E-state index contributed by atoms with van der Waals surface area (Å²) >= 11 is 0. The van der Waals surface area contributed by atoms with Gasteiger partial charge in [0.05, 0.1) is 0 Å². The third kappa shape index (κ3) is 1.39. The number of hydrogen-bond acceptors (Lipinski definition) is 1. The van der Waals surface area contributed by atoms with Gasteiger partial charge in [-0.2, -0.15) is 0 Å². The van der Waals surface area contributed by atoms with Crippen LogP contribution in [-0.4, -0.2) is 6.29 Å². The van der Waals surface area contributed by atoms with Gasteiger partial charge >= 0.3 is 0 Å². The zero-order valence-electron chi connectivity index (χ0n) is 6.84. The summed E-state index contributed by atoms with van der Waals surface area (Å²) in [4.78, 5) is 10.4. The molecular weight excluding hydrogens is 124 g/mol. The van der Waals surface area contributed by atoms with Crippen LogP contribution >= 0.6 is 0 Å². The van der Waals surface area contributed by atoms with E-state index in [9.17, 15) is 4.79 Å². The maximum absolute atomic E-state index is 10.4.